The van der Waals surface area contributed by atoms with Crippen molar-refractivity contribution in [2.75, 3.05) is 5.75 Å². The van der Waals surface area contributed by atoms with Crippen LogP contribution < -0.4 is 5.43 Å². The van der Waals surface area contributed by atoms with Gasteiger partial charge in [-0.3, -0.25) is 4.79 Å². The minimum atomic E-state index is -3.58. The van der Waals surface area contributed by atoms with Gasteiger partial charge in [0.05, 0.1) is 10.6 Å². The molecule has 2 aromatic rings. The maximum Gasteiger partial charge on any atom is 0.356 e. The summed E-state index contributed by atoms with van der Waals surface area (Å²) < 4.78 is 25.9. The third-order valence-corrected chi connectivity index (χ3v) is 5.41. The largest absolute Gasteiger partial charge is 0.502 e. The summed E-state index contributed by atoms with van der Waals surface area (Å²) in [7, 11) is -2.22. The van der Waals surface area contributed by atoms with E-state index in [9.17, 15) is 23.1 Å². The van der Waals surface area contributed by atoms with Crippen molar-refractivity contribution in [3.8, 4) is 5.75 Å². The number of sulfone groups is 1. The monoisotopic (exact) mass is 351 g/mol. The molecule has 7 nitrogen and oxygen atoms in total. The van der Waals surface area contributed by atoms with Crippen molar-refractivity contribution < 1.29 is 23.4 Å². The van der Waals surface area contributed by atoms with Crippen molar-refractivity contribution in [1.82, 2.24) is 4.57 Å². The van der Waals surface area contributed by atoms with E-state index in [0.29, 0.717) is 0 Å². The van der Waals surface area contributed by atoms with Gasteiger partial charge in [-0.2, -0.15) is 0 Å². The Morgan fingerprint density at radius 2 is 1.92 bits per heavy atom. The average Bonchev–Trinajstić information content (AvgIpc) is 2.49. The number of rotatable bonds is 5. The van der Waals surface area contributed by atoms with Crippen LogP contribution in [0.3, 0.4) is 0 Å². The molecule has 0 aliphatic heterocycles. The molecule has 0 unspecified atom stereocenters. The maximum absolute atomic E-state index is 12.4. The van der Waals surface area contributed by atoms with E-state index < -0.39 is 32.7 Å². The molecule has 0 saturated heterocycles. The molecule has 0 bridgehead atoms. The zero-order chi connectivity index (χ0) is 18.1. The molecule has 1 aromatic heterocycles. The Morgan fingerprint density at radius 3 is 2.50 bits per heavy atom. The number of aromatic carboxylic acids is 1. The molecule has 0 aliphatic carbocycles. The minimum absolute atomic E-state index is 0.0530. The predicted molar refractivity (Wildman–Crippen MR) is 87.2 cm³/mol. The molecular formula is C16H17NO6S. The van der Waals surface area contributed by atoms with Gasteiger partial charge in [0.15, 0.2) is 21.3 Å². The van der Waals surface area contributed by atoms with Crippen LogP contribution in [0.15, 0.2) is 40.0 Å². The van der Waals surface area contributed by atoms with Crippen LogP contribution in [0.1, 0.15) is 21.7 Å². The van der Waals surface area contributed by atoms with E-state index in [2.05, 4.69) is 0 Å². The van der Waals surface area contributed by atoms with Crippen molar-refractivity contribution in [2.45, 2.75) is 18.2 Å². The van der Waals surface area contributed by atoms with E-state index in [4.69, 9.17) is 5.11 Å². The number of pyridine rings is 1. The topological polar surface area (TPSA) is 114 Å². The molecule has 1 heterocycles. The number of carboxylic acids is 1. The van der Waals surface area contributed by atoms with E-state index in [1.54, 1.807) is 25.1 Å². The van der Waals surface area contributed by atoms with Crippen molar-refractivity contribution in [1.29, 1.82) is 0 Å². The Labute approximate surface area is 138 Å². The lowest BCUT2D eigenvalue weighted by atomic mass is 10.2. The van der Waals surface area contributed by atoms with E-state index in [-0.39, 0.29) is 22.8 Å². The summed E-state index contributed by atoms with van der Waals surface area (Å²) in [6.07, 6.45) is -0.0530. The van der Waals surface area contributed by atoms with Gasteiger partial charge in [0.1, 0.15) is 0 Å². The van der Waals surface area contributed by atoms with Crippen LogP contribution >= 0.6 is 0 Å². The van der Waals surface area contributed by atoms with Crippen LogP contribution in [0, 0.1) is 6.92 Å². The number of carbonyl (C=O) groups is 1. The third-order valence-electron chi connectivity index (χ3n) is 3.70. The third kappa shape index (κ3) is 3.48. The van der Waals surface area contributed by atoms with Gasteiger partial charge in [0.2, 0.25) is 5.43 Å². The average molecular weight is 351 g/mol. The first-order chi connectivity index (χ1) is 11.1. The van der Waals surface area contributed by atoms with E-state index in [1.807, 2.05) is 0 Å². The van der Waals surface area contributed by atoms with Gasteiger partial charge < -0.3 is 14.8 Å². The number of aromatic hydroxyl groups is 1. The number of aryl methyl sites for hydroxylation is 2. The van der Waals surface area contributed by atoms with Crippen LogP contribution in [0.4, 0.5) is 0 Å². The second-order valence-corrected chi connectivity index (χ2v) is 7.56. The summed E-state index contributed by atoms with van der Waals surface area (Å²) in [6, 6.07) is 7.51. The predicted octanol–water partition coefficient (Wildman–Crippen LogP) is 1.11. The molecule has 0 fully saturated rings. The zero-order valence-electron chi connectivity index (χ0n) is 13.2. The molecule has 0 saturated carbocycles. The van der Waals surface area contributed by atoms with Gasteiger partial charge in [-0.05, 0) is 24.6 Å². The number of nitrogens with zero attached hydrogens (tertiary/aromatic N) is 1. The number of aromatic nitrogens is 1. The smallest absolute Gasteiger partial charge is 0.356 e. The van der Waals surface area contributed by atoms with E-state index in [0.717, 1.165) is 16.2 Å². The molecule has 24 heavy (non-hydrogen) atoms. The van der Waals surface area contributed by atoms with Crippen LogP contribution in [0.25, 0.3) is 0 Å². The molecule has 0 radical (unpaired) electrons. The molecule has 2 N–H and O–H groups in total. The van der Waals surface area contributed by atoms with Gasteiger partial charge in [-0.25, -0.2) is 13.2 Å². The molecule has 8 heteroatoms. The highest BCUT2D eigenvalue weighted by Crippen LogP contribution is 2.17. The summed E-state index contributed by atoms with van der Waals surface area (Å²) in [6.45, 7) is 1.78. The van der Waals surface area contributed by atoms with Crippen molar-refractivity contribution in [3.63, 3.8) is 0 Å². The normalized spacial score (nSPS) is 11.4. The first kappa shape index (κ1) is 17.7. The Bertz CT molecular complexity index is 959. The second-order valence-electron chi connectivity index (χ2n) is 5.45. The molecule has 0 aliphatic rings. The van der Waals surface area contributed by atoms with Gasteiger partial charge in [0, 0.05) is 25.2 Å². The van der Waals surface area contributed by atoms with Gasteiger partial charge in [-0.1, -0.05) is 12.1 Å². The number of hydrogen-bond donors (Lipinski definition) is 2. The highest BCUT2D eigenvalue weighted by atomic mass is 32.2. The summed E-state index contributed by atoms with van der Waals surface area (Å²) in [5.41, 5.74) is -0.397. The fraction of sp³-hybridized carbons (Fsp3) is 0.250. The first-order valence-corrected chi connectivity index (χ1v) is 8.73. The highest BCUT2D eigenvalue weighted by molar-refractivity contribution is 7.91. The summed E-state index contributed by atoms with van der Waals surface area (Å²) in [4.78, 5) is 23.0. The highest BCUT2D eigenvalue weighted by Gasteiger charge is 2.21. The number of carboxylic acid groups (broad SMARTS) is 1. The van der Waals surface area contributed by atoms with Crippen LogP contribution in [-0.4, -0.2) is 34.9 Å². The minimum Gasteiger partial charge on any atom is -0.502 e. The standard InChI is InChI=1S/C16H17NO6S/c1-10-4-3-5-12(8-10)24(22,23)7-6-11-9-13(18)15(19)14(16(20)21)17(11)2/h3-5,8-9,19H,6-7H2,1-2H3,(H,20,21). The zero-order valence-corrected chi connectivity index (χ0v) is 14.0. The Morgan fingerprint density at radius 1 is 1.25 bits per heavy atom. The van der Waals surface area contributed by atoms with Gasteiger partial charge in [-0.15, -0.1) is 0 Å². The molecule has 128 valence electrons. The molecular weight excluding hydrogens is 334 g/mol. The summed E-state index contributed by atoms with van der Waals surface area (Å²) >= 11 is 0. The summed E-state index contributed by atoms with van der Waals surface area (Å²) in [5, 5.41) is 18.7. The van der Waals surface area contributed by atoms with Gasteiger partial charge >= 0.3 is 5.97 Å². The lowest BCUT2D eigenvalue weighted by Crippen LogP contribution is -2.21. The number of hydrogen-bond acceptors (Lipinski definition) is 5. The van der Waals surface area contributed by atoms with Crippen molar-refractivity contribution in [2.24, 2.45) is 7.05 Å². The lowest BCUT2D eigenvalue weighted by Gasteiger charge is -2.13. The Kier molecular flexibility index (Phi) is 4.79. The Hall–Kier alpha value is -2.61. The lowest BCUT2D eigenvalue weighted by molar-refractivity contribution is 0.0681. The van der Waals surface area contributed by atoms with Crippen molar-refractivity contribution in [3.05, 3.63) is 57.5 Å². The molecule has 2 rings (SSSR count). The fourth-order valence-corrected chi connectivity index (χ4v) is 3.75. The maximum atomic E-state index is 12.4. The molecule has 1 aromatic carbocycles. The number of benzene rings is 1. The first-order valence-electron chi connectivity index (χ1n) is 7.08. The molecule has 0 atom stereocenters. The quantitative estimate of drug-likeness (QED) is 0.834. The van der Waals surface area contributed by atoms with E-state index in [1.165, 1.54) is 13.1 Å². The van der Waals surface area contributed by atoms with Crippen LogP contribution in [-0.2, 0) is 23.3 Å². The van der Waals surface area contributed by atoms with Crippen LogP contribution in [0.5, 0.6) is 5.75 Å². The fourth-order valence-electron chi connectivity index (χ4n) is 2.39. The Balaban J connectivity index is 2.36. The van der Waals surface area contributed by atoms with Crippen molar-refractivity contribution >= 4 is 15.8 Å². The second kappa shape index (κ2) is 6.48. The van der Waals surface area contributed by atoms with E-state index >= 15 is 0 Å². The summed E-state index contributed by atoms with van der Waals surface area (Å²) in [5.74, 6) is -2.61. The molecule has 0 amide bonds. The molecule has 0 spiro atoms. The SMILES string of the molecule is Cc1cccc(S(=O)(=O)CCc2cc(=O)c(O)c(C(=O)O)n2C)c1. The van der Waals surface area contributed by atoms with Crippen LogP contribution in [0.2, 0.25) is 0 Å². The van der Waals surface area contributed by atoms with Gasteiger partial charge in [0.25, 0.3) is 0 Å².